The van der Waals surface area contributed by atoms with Gasteiger partial charge in [0.15, 0.2) is 0 Å². The van der Waals surface area contributed by atoms with Crippen LogP contribution in [0, 0.1) is 24.2 Å². The average Bonchev–Trinajstić information content (AvgIpc) is 2.56. The number of hydrogen-bond acceptors (Lipinski definition) is 4. The monoisotopic (exact) mass is 333 g/mol. The van der Waals surface area contributed by atoms with Gasteiger partial charge in [-0.2, -0.15) is 5.26 Å². The highest BCUT2D eigenvalue weighted by Gasteiger charge is 2.55. The average molecular weight is 333 g/mol. The number of nitriles is 1. The molecule has 1 aromatic heterocycles. The van der Waals surface area contributed by atoms with Crippen molar-refractivity contribution in [3.05, 3.63) is 59.3 Å². The maximum Gasteiger partial charge on any atom is 0.232 e. The second-order valence-corrected chi connectivity index (χ2v) is 7.41. The summed E-state index contributed by atoms with van der Waals surface area (Å²) in [7, 11) is 0. The molecule has 3 fully saturated rings. The van der Waals surface area contributed by atoms with Gasteiger partial charge in [-0.25, -0.2) is 4.98 Å². The van der Waals surface area contributed by atoms with Gasteiger partial charge in [-0.05, 0) is 56.3 Å². The van der Waals surface area contributed by atoms with Crippen LogP contribution in [0.4, 0.5) is 0 Å². The zero-order valence-corrected chi connectivity index (χ0v) is 14.5. The smallest absolute Gasteiger partial charge is 0.232 e. The Bertz CT molecular complexity index is 780. The van der Waals surface area contributed by atoms with E-state index in [1.165, 1.54) is 19.3 Å². The molecule has 3 aliphatic carbocycles. The van der Waals surface area contributed by atoms with Crippen LogP contribution in [0.1, 0.15) is 48.6 Å². The quantitative estimate of drug-likeness (QED) is 0.834. The summed E-state index contributed by atoms with van der Waals surface area (Å²) in [5.41, 5.74) is 2.88. The van der Waals surface area contributed by atoms with E-state index in [-0.39, 0.29) is 6.10 Å². The molecule has 3 saturated carbocycles. The van der Waals surface area contributed by atoms with E-state index in [9.17, 15) is 5.26 Å². The Morgan fingerprint density at radius 2 is 2.00 bits per heavy atom. The van der Waals surface area contributed by atoms with Crippen molar-refractivity contribution in [3.8, 4) is 11.9 Å². The lowest BCUT2D eigenvalue weighted by atomic mass is 9.50. The van der Waals surface area contributed by atoms with Gasteiger partial charge in [-0.3, -0.25) is 0 Å². The Hall–Kier alpha value is -2.38. The molecule has 1 aromatic carbocycles. The zero-order chi connectivity index (χ0) is 17.3. The number of ether oxygens (including phenoxy) is 1. The molecule has 2 bridgehead atoms. The fourth-order valence-corrected chi connectivity index (χ4v) is 3.97. The molecular formula is C21H23N3O. The largest absolute Gasteiger partial charge is 0.468 e. The molecule has 5 rings (SSSR count). The SMILES string of the molecule is Cc1ccc(C#N)c(O[C@H](CCNC23CC(C2)C3)c2ccccc2)n1. The first-order valence-corrected chi connectivity index (χ1v) is 9.02. The van der Waals surface area contributed by atoms with Crippen molar-refractivity contribution in [3.63, 3.8) is 0 Å². The van der Waals surface area contributed by atoms with Crippen molar-refractivity contribution >= 4 is 0 Å². The number of nitrogens with zero attached hydrogens (tertiary/aromatic N) is 2. The van der Waals surface area contributed by atoms with Crippen molar-refractivity contribution in [2.24, 2.45) is 5.92 Å². The van der Waals surface area contributed by atoms with Crippen LogP contribution < -0.4 is 10.1 Å². The summed E-state index contributed by atoms with van der Waals surface area (Å²) in [4.78, 5) is 4.44. The lowest BCUT2D eigenvalue weighted by molar-refractivity contribution is -0.0517. The van der Waals surface area contributed by atoms with Crippen LogP contribution in [0.2, 0.25) is 0 Å². The Labute approximate surface area is 148 Å². The highest BCUT2D eigenvalue weighted by Crippen LogP contribution is 2.56. The van der Waals surface area contributed by atoms with Crippen LogP contribution in [0.25, 0.3) is 0 Å². The summed E-state index contributed by atoms with van der Waals surface area (Å²) in [5, 5.41) is 13.1. The number of aryl methyl sites for hydroxylation is 1. The molecule has 0 saturated heterocycles. The van der Waals surface area contributed by atoms with Gasteiger partial charge in [-0.15, -0.1) is 0 Å². The molecule has 0 spiro atoms. The third kappa shape index (κ3) is 3.25. The fraction of sp³-hybridized carbons (Fsp3) is 0.429. The van der Waals surface area contributed by atoms with E-state index in [0.717, 1.165) is 30.1 Å². The molecule has 1 heterocycles. The number of rotatable bonds is 7. The lowest BCUT2D eigenvalue weighted by Gasteiger charge is -2.62. The first-order valence-electron chi connectivity index (χ1n) is 9.02. The molecule has 2 aromatic rings. The Kier molecular flexibility index (Phi) is 4.19. The molecule has 4 nitrogen and oxygen atoms in total. The third-order valence-electron chi connectivity index (χ3n) is 5.49. The van der Waals surface area contributed by atoms with Crippen molar-refractivity contribution < 1.29 is 4.74 Å². The van der Waals surface area contributed by atoms with E-state index >= 15 is 0 Å². The van der Waals surface area contributed by atoms with Crippen LogP contribution in [0.3, 0.4) is 0 Å². The van der Waals surface area contributed by atoms with Gasteiger partial charge in [0.1, 0.15) is 17.7 Å². The molecule has 0 radical (unpaired) electrons. The predicted octanol–water partition coefficient (Wildman–Crippen LogP) is 3.91. The second-order valence-electron chi connectivity index (χ2n) is 7.41. The maximum absolute atomic E-state index is 9.34. The van der Waals surface area contributed by atoms with Gasteiger partial charge in [0.25, 0.3) is 0 Å². The fourth-order valence-electron chi connectivity index (χ4n) is 3.97. The van der Waals surface area contributed by atoms with Gasteiger partial charge < -0.3 is 10.1 Å². The first-order chi connectivity index (χ1) is 12.2. The van der Waals surface area contributed by atoms with Gasteiger partial charge in [0, 0.05) is 17.7 Å². The molecule has 1 N–H and O–H groups in total. The maximum atomic E-state index is 9.34. The second kappa shape index (κ2) is 6.50. The van der Waals surface area contributed by atoms with E-state index in [0.29, 0.717) is 17.0 Å². The normalized spacial score (nSPS) is 24.6. The predicted molar refractivity (Wildman–Crippen MR) is 96.2 cm³/mol. The number of nitrogens with one attached hydrogen (secondary N) is 1. The summed E-state index contributed by atoms with van der Waals surface area (Å²) in [6.45, 7) is 2.83. The van der Waals surface area contributed by atoms with Crippen LogP contribution in [-0.4, -0.2) is 17.1 Å². The van der Waals surface area contributed by atoms with Crippen molar-refractivity contribution in [1.29, 1.82) is 5.26 Å². The zero-order valence-electron chi connectivity index (χ0n) is 14.5. The van der Waals surface area contributed by atoms with Crippen molar-refractivity contribution in [2.45, 2.75) is 44.2 Å². The summed E-state index contributed by atoms with van der Waals surface area (Å²) in [6, 6.07) is 16.0. The lowest BCUT2D eigenvalue weighted by Crippen LogP contribution is -2.67. The van der Waals surface area contributed by atoms with Crippen LogP contribution in [-0.2, 0) is 0 Å². The number of benzene rings is 1. The highest BCUT2D eigenvalue weighted by atomic mass is 16.5. The van der Waals surface area contributed by atoms with E-state index in [4.69, 9.17) is 4.74 Å². The minimum absolute atomic E-state index is 0.109. The van der Waals surface area contributed by atoms with E-state index in [1.54, 1.807) is 6.07 Å². The van der Waals surface area contributed by atoms with Crippen molar-refractivity contribution in [1.82, 2.24) is 10.3 Å². The molecule has 25 heavy (non-hydrogen) atoms. The molecule has 128 valence electrons. The minimum Gasteiger partial charge on any atom is -0.468 e. The standard InChI is InChI=1S/C21H23N3O/c1-15-7-8-18(14-22)20(24-15)25-19(17-5-3-2-4-6-17)9-10-23-21-11-16(12-21)13-21/h2-8,16,19,23H,9-13H2,1H3/t16?,19-,21?/m1/s1. The van der Waals surface area contributed by atoms with Gasteiger partial charge in [-0.1, -0.05) is 30.3 Å². The van der Waals surface area contributed by atoms with Gasteiger partial charge in [0.2, 0.25) is 5.88 Å². The van der Waals surface area contributed by atoms with E-state index in [1.807, 2.05) is 31.2 Å². The van der Waals surface area contributed by atoms with Gasteiger partial charge in [0.05, 0.1) is 0 Å². The van der Waals surface area contributed by atoms with Crippen LogP contribution >= 0.6 is 0 Å². The first kappa shape index (κ1) is 16.1. The third-order valence-corrected chi connectivity index (χ3v) is 5.49. The van der Waals surface area contributed by atoms with E-state index in [2.05, 4.69) is 28.5 Å². The molecule has 3 aliphatic rings. The Balaban J connectivity index is 1.49. The number of hydrogen-bond donors (Lipinski definition) is 1. The van der Waals surface area contributed by atoms with Crippen LogP contribution in [0.15, 0.2) is 42.5 Å². The molecule has 1 atom stereocenters. The van der Waals surface area contributed by atoms with Crippen LogP contribution in [0.5, 0.6) is 5.88 Å². The topological polar surface area (TPSA) is 57.9 Å². The van der Waals surface area contributed by atoms with Crippen molar-refractivity contribution in [2.75, 3.05) is 6.54 Å². The number of aromatic nitrogens is 1. The number of pyridine rings is 1. The summed E-state index contributed by atoms with van der Waals surface area (Å²) < 4.78 is 6.21. The Morgan fingerprint density at radius 3 is 2.64 bits per heavy atom. The highest BCUT2D eigenvalue weighted by molar-refractivity contribution is 5.39. The molecule has 0 unspecified atom stereocenters. The molecule has 4 heteroatoms. The molecule has 0 amide bonds. The summed E-state index contributed by atoms with van der Waals surface area (Å²) in [5.74, 6) is 1.41. The van der Waals surface area contributed by atoms with E-state index < -0.39 is 0 Å². The Morgan fingerprint density at radius 1 is 1.24 bits per heavy atom. The molecule has 0 aliphatic heterocycles. The summed E-state index contributed by atoms with van der Waals surface area (Å²) in [6.07, 6.45) is 4.75. The van der Waals surface area contributed by atoms with Gasteiger partial charge >= 0.3 is 0 Å². The minimum atomic E-state index is -0.109. The molecular weight excluding hydrogens is 310 g/mol. The summed E-state index contributed by atoms with van der Waals surface area (Å²) >= 11 is 0.